The molecule has 1 aromatic rings. The van der Waals surface area contributed by atoms with E-state index in [9.17, 15) is 19.7 Å². The number of hydrogen-bond acceptors (Lipinski definition) is 5. The van der Waals surface area contributed by atoms with Crippen molar-refractivity contribution in [1.82, 2.24) is 0 Å². The van der Waals surface area contributed by atoms with Gasteiger partial charge in [-0.15, -0.1) is 0 Å². The summed E-state index contributed by atoms with van der Waals surface area (Å²) in [6, 6.07) is 9.09. The van der Waals surface area contributed by atoms with Gasteiger partial charge in [0.05, 0.1) is 0 Å². The van der Waals surface area contributed by atoms with Gasteiger partial charge in [0.25, 0.3) is 0 Å². The number of thioether (sulfide) groups is 1. The summed E-state index contributed by atoms with van der Waals surface area (Å²) in [7, 11) is 0.551. The van der Waals surface area contributed by atoms with Crippen LogP contribution in [0.15, 0.2) is 40.2 Å². The third kappa shape index (κ3) is 6.53. The molecule has 0 radical (unpaired) electrons. The van der Waals surface area contributed by atoms with Crippen LogP contribution < -0.4 is 0 Å². The van der Waals surface area contributed by atoms with Crippen LogP contribution in [0.5, 0.6) is 0 Å². The zero-order valence-corrected chi connectivity index (χ0v) is 13.3. The summed E-state index contributed by atoms with van der Waals surface area (Å²) in [5.41, 5.74) is 0. The molecule has 0 saturated carbocycles. The van der Waals surface area contributed by atoms with E-state index in [2.05, 4.69) is 4.99 Å². The maximum absolute atomic E-state index is 11.4. The van der Waals surface area contributed by atoms with Crippen molar-refractivity contribution in [2.45, 2.75) is 36.8 Å². The van der Waals surface area contributed by atoms with Gasteiger partial charge in [0, 0.05) is 0 Å². The number of carboxylic acid groups (broad SMARTS) is 1. The molecule has 0 aliphatic carbocycles. The number of aliphatic hydroxyl groups excluding tert-OH is 1. The molecule has 118 valence electrons. The first-order valence-corrected chi connectivity index (χ1v) is 8.12. The molecule has 3 atom stereocenters. The van der Waals surface area contributed by atoms with Crippen molar-refractivity contribution < 1.29 is 19.7 Å². The van der Waals surface area contributed by atoms with Gasteiger partial charge in [0.15, 0.2) is 0 Å². The standard InChI is InChI=1S/C15H20BNO4S/c1-2-13(17-10-16-21)14(18)8-11(15(19)20)9-22-12-6-4-3-5-7-12/h3-7,10-11,13-14,18H,2,8-9H2,1H3,(H,19,20)/b17-10+/t11-,13?,14-/m0/s1. The fraction of sp³-hybridized carbons (Fsp3) is 0.467. The van der Waals surface area contributed by atoms with E-state index < -0.39 is 24.0 Å². The fourth-order valence-electron chi connectivity index (χ4n) is 2.02. The van der Waals surface area contributed by atoms with Gasteiger partial charge < -0.3 is 0 Å². The van der Waals surface area contributed by atoms with Gasteiger partial charge in [0.2, 0.25) is 0 Å². The Kier molecular flexibility index (Phi) is 8.69. The summed E-state index contributed by atoms with van der Waals surface area (Å²) in [4.78, 5) is 16.3. The van der Waals surface area contributed by atoms with Crippen molar-refractivity contribution in [3.8, 4) is 0 Å². The van der Waals surface area contributed by atoms with Gasteiger partial charge in [-0.3, -0.25) is 0 Å². The van der Waals surface area contributed by atoms with Crippen LogP contribution in [0.25, 0.3) is 0 Å². The first kappa shape index (κ1) is 18.6. The van der Waals surface area contributed by atoms with E-state index in [1.165, 1.54) is 11.8 Å². The van der Waals surface area contributed by atoms with E-state index in [0.717, 1.165) is 11.0 Å². The van der Waals surface area contributed by atoms with Crippen LogP contribution >= 0.6 is 11.8 Å². The van der Waals surface area contributed by atoms with Gasteiger partial charge >= 0.3 is 135 Å². The summed E-state index contributed by atoms with van der Waals surface area (Å²) in [6.45, 7) is 1.84. The van der Waals surface area contributed by atoms with Crippen LogP contribution in [-0.2, 0) is 9.50 Å². The minimum atomic E-state index is -0.934. The number of hydrogen-bond donors (Lipinski definition) is 2. The molecule has 1 rings (SSSR count). The summed E-state index contributed by atoms with van der Waals surface area (Å²) < 4.78 is 10.3. The number of rotatable bonds is 10. The maximum atomic E-state index is 11.4. The molecule has 0 heterocycles. The predicted molar refractivity (Wildman–Crippen MR) is 87.9 cm³/mol. The second-order valence-electron chi connectivity index (χ2n) is 4.87. The molecule has 0 bridgehead atoms. The molecular weight excluding hydrogens is 301 g/mol. The third-order valence-corrected chi connectivity index (χ3v) is 4.45. The van der Waals surface area contributed by atoms with E-state index in [1.54, 1.807) is 0 Å². The van der Waals surface area contributed by atoms with Crippen LogP contribution in [0.1, 0.15) is 19.8 Å². The summed E-state index contributed by atoms with van der Waals surface area (Å²) in [6.07, 6.45) is 0.887. The van der Waals surface area contributed by atoms with Crippen LogP contribution in [0.3, 0.4) is 0 Å². The molecule has 5 nitrogen and oxygen atoms in total. The summed E-state index contributed by atoms with van der Waals surface area (Å²) in [5.74, 6) is -1.22. The second-order valence-corrected chi connectivity index (χ2v) is 5.97. The topological polar surface area (TPSA) is 87.0 Å². The molecule has 0 saturated heterocycles. The number of carboxylic acids is 1. The van der Waals surface area contributed by atoms with Crippen LogP contribution in [0.4, 0.5) is 0 Å². The molecule has 1 unspecified atom stereocenters. The number of aliphatic hydroxyl groups is 1. The van der Waals surface area contributed by atoms with Gasteiger partial charge in [-0.05, 0) is 0 Å². The fourth-order valence-corrected chi connectivity index (χ4v) is 3.05. The molecule has 7 heteroatoms. The Morgan fingerprint density at radius 1 is 1.41 bits per heavy atom. The van der Waals surface area contributed by atoms with E-state index in [1.807, 2.05) is 37.3 Å². The number of benzene rings is 1. The zero-order chi connectivity index (χ0) is 16.4. The Balaban J connectivity index is 2.61. The zero-order valence-electron chi connectivity index (χ0n) is 12.5. The van der Waals surface area contributed by atoms with Crippen LogP contribution in [-0.4, -0.2) is 47.3 Å². The van der Waals surface area contributed by atoms with Crippen molar-refractivity contribution in [1.29, 1.82) is 0 Å². The average molecular weight is 321 g/mol. The Morgan fingerprint density at radius 2 is 2.09 bits per heavy atom. The third-order valence-electron chi connectivity index (χ3n) is 3.27. The number of aliphatic carboxylic acids is 1. The summed E-state index contributed by atoms with van der Waals surface area (Å²) in [5, 5.41) is 19.5. The van der Waals surface area contributed by atoms with E-state index in [0.29, 0.717) is 19.3 Å². The Bertz CT molecular complexity index is 498. The number of nitrogens with zero attached hydrogens (tertiary/aromatic N) is 1. The first-order chi connectivity index (χ1) is 10.6. The molecule has 2 N–H and O–H groups in total. The minimum absolute atomic E-state index is 0.115. The average Bonchev–Trinajstić information content (AvgIpc) is 2.52. The Hall–Kier alpha value is -1.47. The van der Waals surface area contributed by atoms with Gasteiger partial charge in [0.1, 0.15) is 0 Å². The molecule has 0 amide bonds. The van der Waals surface area contributed by atoms with E-state index >= 15 is 0 Å². The van der Waals surface area contributed by atoms with Gasteiger partial charge in [-0.25, -0.2) is 0 Å². The molecule has 22 heavy (non-hydrogen) atoms. The van der Waals surface area contributed by atoms with Crippen molar-refractivity contribution in [2.75, 3.05) is 5.75 Å². The molecule has 0 aromatic heterocycles. The van der Waals surface area contributed by atoms with Crippen molar-refractivity contribution in [3.63, 3.8) is 0 Å². The number of carbonyl (C=O) groups is 1. The van der Waals surface area contributed by atoms with Crippen molar-refractivity contribution >= 4 is 31.0 Å². The normalized spacial score (nSPS) is 15.2. The van der Waals surface area contributed by atoms with Crippen LogP contribution in [0.2, 0.25) is 0 Å². The first-order valence-electron chi connectivity index (χ1n) is 7.14. The summed E-state index contributed by atoms with van der Waals surface area (Å²) >= 11 is 1.45. The number of aliphatic imine (C=N–C) groups is 1. The van der Waals surface area contributed by atoms with Gasteiger partial charge in [-0.2, -0.15) is 0 Å². The molecule has 0 spiro atoms. The Labute approximate surface area is 135 Å². The van der Waals surface area contributed by atoms with Crippen molar-refractivity contribution in [2.24, 2.45) is 10.9 Å². The quantitative estimate of drug-likeness (QED) is 0.391. The molecule has 0 aliphatic heterocycles. The van der Waals surface area contributed by atoms with Gasteiger partial charge in [-0.1, -0.05) is 0 Å². The van der Waals surface area contributed by atoms with E-state index in [4.69, 9.17) is 0 Å². The second kappa shape index (κ2) is 10.3. The predicted octanol–water partition coefficient (Wildman–Crippen LogP) is 2.09. The SMILES string of the molecule is CCC(/N=C/B=O)[C@@H](O)C[C@@H](CSc1ccccc1)C(=O)O. The molecule has 0 fully saturated rings. The Morgan fingerprint density at radius 3 is 2.64 bits per heavy atom. The molecular formula is C15H20BNO4S. The molecule has 1 aromatic carbocycles. The van der Waals surface area contributed by atoms with Crippen molar-refractivity contribution in [3.05, 3.63) is 30.3 Å². The van der Waals surface area contributed by atoms with E-state index in [-0.39, 0.29) is 6.42 Å². The van der Waals surface area contributed by atoms with Crippen LogP contribution in [0, 0.1) is 5.92 Å². The monoisotopic (exact) mass is 321 g/mol. The molecule has 0 aliphatic rings.